The first-order chi connectivity index (χ1) is 7.60. The molecule has 1 aromatic rings. The predicted octanol–water partition coefficient (Wildman–Crippen LogP) is 0.219. The summed E-state index contributed by atoms with van der Waals surface area (Å²) in [6.45, 7) is 1.54. The molecule has 0 spiro atoms. The quantitative estimate of drug-likeness (QED) is 0.487. The number of aliphatic hydroxyl groups is 1. The van der Waals surface area contributed by atoms with Crippen LogP contribution in [0, 0.1) is 10.1 Å². The minimum absolute atomic E-state index is 0.0888. The van der Waals surface area contributed by atoms with Gasteiger partial charge in [-0.15, -0.1) is 0 Å². The lowest BCUT2D eigenvalue weighted by Crippen LogP contribution is -2.21. The zero-order chi connectivity index (χ0) is 12.1. The molecular weight excluding hydrogens is 214 g/mol. The van der Waals surface area contributed by atoms with Crippen molar-refractivity contribution < 1.29 is 10.0 Å². The van der Waals surface area contributed by atoms with Gasteiger partial charge in [0.05, 0.1) is 11.5 Å². The maximum absolute atomic E-state index is 10.9. The molecule has 0 aliphatic carbocycles. The lowest BCUT2D eigenvalue weighted by molar-refractivity contribution is -0.383. The number of nitro groups is 1. The van der Waals surface area contributed by atoms with Crippen LogP contribution in [0.4, 0.5) is 17.3 Å². The van der Waals surface area contributed by atoms with Crippen molar-refractivity contribution in [1.29, 1.82) is 0 Å². The number of hydrogen-bond acceptors (Lipinski definition) is 7. The molecule has 3 N–H and O–H groups in total. The predicted molar refractivity (Wildman–Crippen MR) is 58.4 cm³/mol. The molecule has 0 aromatic carbocycles. The van der Waals surface area contributed by atoms with E-state index in [0.717, 1.165) is 0 Å². The van der Waals surface area contributed by atoms with E-state index in [1.807, 2.05) is 0 Å². The molecule has 0 fully saturated rings. The van der Waals surface area contributed by atoms with Gasteiger partial charge in [0.1, 0.15) is 6.33 Å². The Kier molecular flexibility index (Phi) is 3.95. The van der Waals surface area contributed by atoms with Gasteiger partial charge in [-0.1, -0.05) is 0 Å². The molecule has 1 heterocycles. The van der Waals surface area contributed by atoms with Gasteiger partial charge in [-0.2, -0.15) is 0 Å². The van der Waals surface area contributed by atoms with Crippen LogP contribution in [0.2, 0.25) is 0 Å². The lowest BCUT2D eigenvalue weighted by Gasteiger charge is -2.12. The fourth-order valence-corrected chi connectivity index (χ4v) is 1.12. The zero-order valence-corrected chi connectivity index (χ0v) is 8.97. The molecule has 0 saturated carbocycles. The molecule has 16 heavy (non-hydrogen) atoms. The molecule has 1 rings (SSSR count). The maximum atomic E-state index is 10.9. The number of aromatic nitrogens is 2. The summed E-state index contributed by atoms with van der Waals surface area (Å²) in [5, 5.41) is 25.1. The van der Waals surface area contributed by atoms with Crippen LogP contribution in [0.1, 0.15) is 6.92 Å². The van der Waals surface area contributed by atoms with Gasteiger partial charge >= 0.3 is 5.69 Å². The molecule has 88 valence electrons. The van der Waals surface area contributed by atoms with Crippen LogP contribution >= 0.6 is 0 Å². The second kappa shape index (κ2) is 5.21. The monoisotopic (exact) mass is 227 g/mol. The van der Waals surface area contributed by atoms with Gasteiger partial charge in [-0.3, -0.25) is 10.1 Å². The third-order valence-corrected chi connectivity index (χ3v) is 1.90. The first-order valence-corrected chi connectivity index (χ1v) is 4.64. The highest BCUT2D eigenvalue weighted by atomic mass is 16.6. The van der Waals surface area contributed by atoms with Gasteiger partial charge < -0.3 is 15.7 Å². The van der Waals surface area contributed by atoms with Crippen molar-refractivity contribution >= 4 is 17.3 Å². The Morgan fingerprint density at radius 1 is 1.56 bits per heavy atom. The lowest BCUT2D eigenvalue weighted by atomic mass is 10.3. The van der Waals surface area contributed by atoms with Gasteiger partial charge in [0.2, 0.25) is 11.6 Å². The van der Waals surface area contributed by atoms with E-state index in [0.29, 0.717) is 0 Å². The normalized spacial score (nSPS) is 11.9. The summed E-state index contributed by atoms with van der Waals surface area (Å²) >= 11 is 0. The van der Waals surface area contributed by atoms with Crippen LogP contribution in [0.3, 0.4) is 0 Å². The van der Waals surface area contributed by atoms with Gasteiger partial charge in [-0.05, 0) is 6.92 Å². The van der Waals surface area contributed by atoms with Crippen molar-refractivity contribution in [3.63, 3.8) is 0 Å². The number of aliphatic hydroxyl groups excluding tert-OH is 1. The standard InChI is InChI=1S/C8H13N5O3/c1-5(3-14)12-8-6(13(15)16)7(9-2)10-4-11-8/h4-5,14H,3H2,1-2H3,(H2,9,10,11,12). The maximum Gasteiger partial charge on any atom is 0.353 e. The number of hydrogen-bond donors (Lipinski definition) is 3. The van der Waals surface area contributed by atoms with Crippen molar-refractivity contribution in [2.24, 2.45) is 0 Å². The Morgan fingerprint density at radius 3 is 2.69 bits per heavy atom. The third kappa shape index (κ3) is 2.54. The topological polar surface area (TPSA) is 113 Å². The van der Waals surface area contributed by atoms with Gasteiger partial charge in [-0.25, -0.2) is 9.97 Å². The van der Waals surface area contributed by atoms with Crippen molar-refractivity contribution in [1.82, 2.24) is 9.97 Å². The molecule has 8 heteroatoms. The van der Waals surface area contributed by atoms with Gasteiger partial charge in [0.15, 0.2) is 0 Å². The Bertz CT molecular complexity index is 384. The second-order valence-corrected chi connectivity index (χ2v) is 3.15. The minimum Gasteiger partial charge on any atom is -0.394 e. The van der Waals surface area contributed by atoms with E-state index in [1.54, 1.807) is 6.92 Å². The molecule has 0 saturated heterocycles. The highest BCUT2D eigenvalue weighted by Crippen LogP contribution is 2.28. The van der Waals surface area contributed by atoms with E-state index >= 15 is 0 Å². The molecule has 1 unspecified atom stereocenters. The summed E-state index contributed by atoms with van der Waals surface area (Å²) in [7, 11) is 1.54. The van der Waals surface area contributed by atoms with Crippen LogP contribution in [-0.2, 0) is 0 Å². The van der Waals surface area contributed by atoms with Crippen LogP contribution < -0.4 is 10.6 Å². The molecule has 0 radical (unpaired) electrons. The molecule has 0 bridgehead atoms. The number of nitrogens with zero attached hydrogens (tertiary/aromatic N) is 3. The SMILES string of the molecule is CNc1ncnc(NC(C)CO)c1[N+](=O)[O-]. The number of rotatable bonds is 5. The number of nitrogens with one attached hydrogen (secondary N) is 2. The average Bonchev–Trinajstić information content (AvgIpc) is 2.28. The molecule has 0 amide bonds. The molecule has 1 atom stereocenters. The van der Waals surface area contributed by atoms with E-state index in [1.165, 1.54) is 13.4 Å². The van der Waals surface area contributed by atoms with Crippen molar-refractivity contribution in [3.05, 3.63) is 16.4 Å². The summed E-state index contributed by atoms with van der Waals surface area (Å²) in [5.74, 6) is 0.221. The Balaban J connectivity index is 3.12. The average molecular weight is 227 g/mol. The molecule has 1 aromatic heterocycles. The minimum atomic E-state index is -0.571. The number of anilines is 2. The van der Waals surface area contributed by atoms with E-state index in [9.17, 15) is 10.1 Å². The highest BCUT2D eigenvalue weighted by Gasteiger charge is 2.22. The molecule has 8 nitrogen and oxygen atoms in total. The molecular formula is C8H13N5O3. The van der Waals surface area contributed by atoms with Crippen LogP contribution in [0.5, 0.6) is 0 Å². The van der Waals surface area contributed by atoms with Gasteiger partial charge in [0, 0.05) is 13.1 Å². The van der Waals surface area contributed by atoms with Crippen molar-refractivity contribution in [2.45, 2.75) is 13.0 Å². The Hall–Kier alpha value is -1.96. The van der Waals surface area contributed by atoms with Crippen molar-refractivity contribution in [2.75, 3.05) is 24.3 Å². The summed E-state index contributed by atoms with van der Waals surface area (Å²) < 4.78 is 0. The third-order valence-electron chi connectivity index (χ3n) is 1.90. The van der Waals surface area contributed by atoms with Gasteiger partial charge in [0.25, 0.3) is 0 Å². The van der Waals surface area contributed by atoms with Crippen LogP contribution in [0.25, 0.3) is 0 Å². The Morgan fingerprint density at radius 2 is 2.19 bits per heavy atom. The fraction of sp³-hybridized carbons (Fsp3) is 0.500. The molecule has 0 aliphatic heterocycles. The highest BCUT2D eigenvalue weighted by molar-refractivity contribution is 5.69. The second-order valence-electron chi connectivity index (χ2n) is 3.15. The van der Waals surface area contributed by atoms with Crippen LogP contribution in [0.15, 0.2) is 6.33 Å². The fourth-order valence-electron chi connectivity index (χ4n) is 1.12. The summed E-state index contributed by atoms with van der Waals surface area (Å²) in [6, 6.07) is -0.321. The summed E-state index contributed by atoms with van der Waals surface area (Å²) in [4.78, 5) is 17.8. The van der Waals surface area contributed by atoms with Crippen molar-refractivity contribution in [3.8, 4) is 0 Å². The first kappa shape index (κ1) is 12.1. The van der Waals surface area contributed by atoms with E-state index in [2.05, 4.69) is 20.6 Å². The largest absolute Gasteiger partial charge is 0.394 e. The van der Waals surface area contributed by atoms with Crippen LogP contribution in [-0.4, -0.2) is 39.7 Å². The Labute approximate surface area is 91.9 Å². The molecule has 0 aliphatic rings. The first-order valence-electron chi connectivity index (χ1n) is 4.64. The summed E-state index contributed by atoms with van der Waals surface area (Å²) in [6.07, 6.45) is 1.21. The smallest absolute Gasteiger partial charge is 0.353 e. The van der Waals surface area contributed by atoms with E-state index in [-0.39, 0.29) is 30.0 Å². The zero-order valence-electron chi connectivity index (χ0n) is 8.97. The van der Waals surface area contributed by atoms with E-state index < -0.39 is 4.92 Å². The van der Waals surface area contributed by atoms with E-state index in [4.69, 9.17) is 5.11 Å². The summed E-state index contributed by atoms with van der Waals surface area (Å²) in [5.41, 5.74) is -0.231.